The molecule has 1 aliphatic heterocycles. The van der Waals surface area contributed by atoms with Crippen molar-refractivity contribution < 1.29 is 9.47 Å². The fraction of sp³-hybridized carbons (Fsp3) is 1.00. The number of halogens is 1. The predicted molar refractivity (Wildman–Crippen MR) is 38.7 cm³/mol. The highest BCUT2D eigenvalue weighted by atomic mass is 79.9. The molecule has 1 aliphatic rings. The molecule has 0 aromatic heterocycles. The van der Waals surface area contributed by atoms with Gasteiger partial charge in [0.05, 0.1) is 11.4 Å². The molecule has 0 N–H and O–H groups in total. The van der Waals surface area contributed by atoms with Crippen LogP contribution in [0.5, 0.6) is 0 Å². The molecule has 0 radical (unpaired) electrons. The molecule has 2 atom stereocenters. The largest absolute Gasteiger partial charge is 0.352 e. The minimum absolute atomic E-state index is 0.00463. The fourth-order valence-electron chi connectivity index (χ4n) is 0.854. The average Bonchev–Trinajstić information content (AvgIpc) is 2.18. The van der Waals surface area contributed by atoms with E-state index in [0.29, 0.717) is 4.83 Å². The summed E-state index contributed by atoms with van der Waals surface area (Å²) in [6.45, 7) is 3.52. The summed E-state index contributed by atoms with van der Waals surface area (Å²) >= 11 is 3.46. The molecule has 2 nitrogen and oxygen atoms in total. The van der Waals surface area contributed by atoms with E-state index >= 15 is 0 Å². The van der Waals surface area contributed by atoms with Crippen molar-refractivity contribution in [1.29, 1.82) is 0 Å². The standard InChI is InChI=1S/C6H11BrO2/c1-2-8-6-5(7)3-4-9-6/h5-6H,2-4H2,1H3. The molecule has 0 spiro atoms. The van der Waals surface area contributed by atoms with Crippen LogP contribution in [-0.4, -0.2) is 24.3 Å². The van der Waals surface area contributed by atoms with E-state index in [1.54, 1.807) is 0 Å². The van der Waals surface area contributed by atoms with Gasteiger partial charge in [0.25, 0.3) is 0 Å². The van der Waals surface area contributed by atoms with E-state index in [-0.39, 0.29) is 6.29 Å². The molecule has 0 aromatic carbocycles. The van der Waals surface area contributed by atoms with Crippen molar-refractivity contribution >= 4 is 15.9 Å². The summed E-state index contributed by atoms with van der Waals surface area (Å²) in [5, 5.41) is 0. The molecule has 54 valence electrons. The van der Waals surface area contributed by atoms with Gasteiger partial charge in [-0.25, -0.2) is 0 Å². The molecule has 2 unspecified atom stereocenters. The van der Waals surface area contributed by atoms with Crippen LogP contribution >= 0.6 is 15.9 Å². The van der Waals surface area contributed by atoms with Crippen LogP contribution in [0.15, 0.2) is 0 Å². The van der Waals surface area contributed by atoms with E-state index in [2.05, 4.69) is 15.9 Å². The summed E-state index contributed by atoms with van der Waals surface area (Å²) in [5.74, 6) is 0. The Labute approximate surface area is 63.7 Å². The number of rotatable bonds is 2. The minimum atomic E-state index is -0.00463. The molecule has 0 bridgehead atoms. The Morgan fingerprint density at radius 2 is 2.56 bits per heavy atom. The second kappa shape index (κ2) is 3.54. The number of hydrogen-bond acceptors (Lipinski definition) is 2. The molecule has 1 fully saturated rings. The van der Waals surface area contributed by atoms with Crippen molar-refractivity contribution in [2.24, 2.45) is 0 Å². The normalized spacial score (nSPS) is 35.3. The highest BCUT2D eigenvalue weighted by molar-refractivity contribution is 9.09. The number of alkyl halides is 1. The Kier molecular flexibility index (Phi) is 2.95. The molecule has 1 saturated heterocycles. The third-order valence-corrected chi connectivity index (χ3v) is 2.19. The van der Waals surface area contributed by atoms with Crippen LogP contribution in [0.4, 0.5) is 0 Å². The lowest BCUT2D eigenvalue weighted by atomic mass is 10.4. The van der Waals surface area contributed by atoms with Crippen molar-refractivity contribution in [2.75, 3.05) is 13.2 Å². The summed E-state index contributed by atoms with van der Waals surface area (Å²) in [6, 6.07) is 0. The first kappa shape index (κ1) is 7.51. The van der Waals surface area contributed by atoms with Crippen molar-refractivity contribution in [3.8, 4) is 0 Å². The van der Waals surface area contributed by atoms with Crippen LogP contribution in [0.3, 0.4) is 0 Å². The van der Waals surface area contributed by atoms with Gasteiger partial charge in [-0.05, 0) is 13.3 Å². The van der Waals surface area contributed by atoms with E-state index in [1.807, 2.05) is 6.92 Å². The van der Waals surface area contributed by atoms with Crippen LogP contribution in [0.2, 0.25) is 0 Å². The number of hydrogen-bond donors (Lipinski definition) is 0. The molecule has 0 aromatic rings. The van der Waals surface area contributed by atoms with Gasteiger partial charge < -0.3 is 9.47 Å². The molecule has 0 saturated carbocycles. The van der Waals surface area contributed by atoms with Gasteiger partial charge in [-0.2, -0.15) is 0 Å². The Morgan fingerprint density at radius 1 is 1.78 bits per heavy atom. The van der Waals surface area contributed by atoms with Gasteiger partial charge in [0.2, 0.25) is 0 Å². The van der Waals surface area contributed by atoms with Crippen LogP contribution in [0.25, 0.3) is 0 Å². The molecule has 1 rings (SSSR count). The topological polar surface area (TPSA) is 18.5 Å². The van der Waals surface area contributed by atoms with Gasteiger partial charge in [0.15, 0.2) is 6.29 Å². The first-order valence-corrected chi connectivity index (χ1v) is 4.13. The third-order valence-electron chi connectivity index (χ3n) is 1.30. The monoisotopic (exact) mass is 194 g/mol. The number of ether oxygens (including phenoxy) is 2. The Hall–Kier alpha value is 0.400. The first-order chi connectivity index (χ1) is 4.34. The zero-order valence-corrected chi connectivity index (χ0v) is 7.06. The lowest BCUT2D eigenvalue weighted by Gasteiger charge is -2.11. The van der Waals surface area contributed by atoms with Gasteiger partial charge in [-0.15, -0.1) is 0 Å². The minimum Gasteiger partial charge on any atom is -0.352 e. The SMILES string of the molecule is CCOC1OCCC1Br. The highest BCUT2D eigenvalue weighted by Gasteiger charge is 2.25. The quantitative estimate of drug-likeness (QED) is 0.622. The summed E-state index contributed by atoms with van der Waals surface area (Å²) < 4.78 is 10.5. The molecule has 9 heavy (non-hydrogen) atoms. The second-order valence-electron chi connectivity index (χ2n) is 2.00. The van der Waals surface area contributed by atoms with E-state index in [9.17, 15) is 0 Å². The third kappa shape index (κ3) is 1.92. The summed E-state index contributed by atoms with van der Waals surface area (Å²) in [4.78, 5) is 0.400. The van der Waals surface area contributed by atoms with Crippen molar-refractivity contribution in [1.82, 2.24) is 0 Å². The van der Waals surface area contributed by atoms with E-state index < -0.39 is 0 Å². The average molecular weight is 195 g/mol. The molecule has 1 heterocycles. The van der Waals surface area contributed by atoms with Crippen LogP contribution in [-0.2, 0) is 9.47 Å². The van der Waals surface area contributed by atoms with Gasteiger partial charge in [-0.3, -0.25) is 0 Å². The maximum atomic E-state index is 5.25. The van der Waals surface area contributed by atoms with Crippen molar-refractivity contribution in [2.45, 2.75) is 24.5 Å². The van der Waals surface area contributed by atoms with Crippen molar-refractivity contribution in [3.63, 3.8) is 0 Å². The van der Waals surface area contributed by atoms with E-state index in [1.165, 1.54) is 0 Å². The molecule has 3 heteroatoms. The molecular formula is C6H11BrO2. The van der Waals surface area contributed by atoms with Gasteiger partial charge in [0, 0.05) is 6.61 Å². The second-order valence-corrected chi connectivity index (χ2v) is 3.18. The lowest BCUT2D eigenvalue weighted by molar-refractivity contribution is -0.103. The van der Waals surface area contributed by atoms with E-state index in [4.69, 9.17) is 9.47 Å². The van der Waals surface area contributed by atoms with Gasteiger partial charge >= 0.3 is 0 Å². The Balaban J connectivity index is 2.22. The smallest absolute Gasteiger partial charge is 0.170 e. The molecule has 0 aliphatic carbocycles. The maximum absolute atomic E-state index is 5.25. The zero-order valence-electron chi connectivity index (χ0n) is 5.47. The van der Waals surface area contributed by atoms with Crippen LogP contribution in [0.1, 0.15) is 13.3 Å². The summed E-state index contributed by atoms with van der Waals surface area (Å²) in [7, 11) is 0. The maximum Gasteiger partial charge on any atom is 0.170 e. The van der Waals surface area contributed by atoms with Crippen LogP contribution < -0.4 is 0 Å². The van der Waals surface area contributed by atoms with E-state index in [0.717, 1.165) is 19.6 Å². The first-order valence-electron chi connectivity index (χ1n) is 3.22. The summed E-state index contributed by atoms with van der Waals surface area (Å²) in [5.41, 5.74) is 0. The zero-order chi connectivity index (χ0) is 6.69. The highest BCUT2D eigenvalue weighted by Crippen LogP contribution is 2.21. The predicted octanol–water partition coefficient (Wildman–Crippen LogP) is 1.53. The summed E-state index contributed by atoms with van der Waals surface area (Å²) in [6.07, 6.45) is 1.06. The Morgan fingerprint density at radius 3 is 3.00 bits per heavy atom. The lowest BCUT2D eigenvalue weighted by Crippen LogP contribution is -2.19. The van der Waals surface area contributed by atoms with Crippen molar-refractivity contribution in [3.05, 3.63) is 0 Å². The molecule has 0 amide bonds. The fourth-order valence-corrected chi connectivity index (χ4v) is 1.35. The van der Waals surface area contributed by atoms with Crippen LogP contribution in [0, 0.1) is 0 Å². The van der Waals surface area contributed by atoms with Gasteiger partial charge in [-0.1, -0.05) is 15.9 Å². The Bertz CT molecular complexity index is 87.1. The molecular weight excluding hydrogens is 184 g/mol. The van der Waals surface area contributed by atoms with Gasteiger partial charge in [0.1, 0.15) is 0 Å².